The molecule has 9 heteroatoms. The van der Waals surface area contributed by atoms with Crippen LogP contribution in [0, 0.1) is 6.92 Å². The summed E-state index contributed by atoms with van der Waals surface area (Å²) in [6.07, 6.45) is -3.30. The van der Waals surface area contributed by atoms with Crippen LogP contribution in [0.1, 0.15) is 11.3 Å². The van der Waals surface area contributed by atoms with E-state index in [1.807, 2.05) is 41.9 Å². The van der Waals surface area contributed by atoms with Gasteiger partial charge in [-0.15, -0.1) is 13.2 Å². The molecule has 0 spiro atoms. The third-order valence-electron chi connectivity index (χ3n) is 4.40. The fraction of sp³-hybridized carbons (Fsp3) is 0.143. The largest absolute Gasteiger partial charge is 0.573 e. The molecule has 2 heterocycles. The second-order valence-electron chi connectivity index (χ2n) is 6.68. The van der Waals surface area contributed by atoms with Gasteiger partial charge in [0.25, 0.3) is 0 Å². The summed E-state index contributed by atoms with van der Waals surface area (Å²) in [5, 5.41) is 4.54. The average molecular weight is 414 g/mol. The van der Waals surface area contributed by atoms with Crippen molar-refractivity contribution in [3.8, 4) is 28.6 Å². The molecule has 4 aromatic rings. The second-order valence-corrected chi connectivity index (χ2v) is 6.68. The van der Waals surface area contributed by atoms with Gasteiger partial charge in [0.15, 0.2) is 0 Å². The Kier molecular flexibility index (Phi) is 4.94. The Bertz CT molecular complexity index is 1150. The van der Waals surface area contributed by atoms with Gasteiger partial charge < -0.3 is 14.9 Å². The van der Waals surface area contributed by atoms with E-state index in [1.54, 1.807) is 0 Å². The molecule has 0 saturated heterocycles. The molecule has 0 fully saturated rings. The molecule has 0 saturated carbocycles. The van der Waals surface area contributed by atoms with Crippen LogP contribution in [-0.4, -0.2) is 21.1 Å². The highest BCUT2D eigenvalue weighted by atomic mass is 19.4. The molecule has 2 N–H and O–H groups in total. The molecular weight excluding hydrogens is 397 g/mol. The van der Waals surface area contributed by atoms with Crippen molar-refractivity contribution in [1.82, 2.24) is 14.8 Å². The van der Waals surface area contributed by atoms with Gasteiger partial charge in [-0.1, -0.05) is 12.1 Å². The number of hydrogen-bond acceptors (Lipinski definition) is 5. The maximum atomic E-state index is 12.3. The Morgan fingerprint density at radius 1 is 1.03 bits per heavy atom. The number of oxazole rings is 1. The first kappa shape index (κ1) is 19.6. The van der Waals surface area contributed by atoms with Gasteiger partial charge in [-0.3, -0.25) is 4.68 Å². The van der Waals surface area contributed by atoms with Crippen LogP contribution in [0.3, 0.4) is 0 Å². The van der Waals surface area contributed by atoms with E-state index >= 15 is 0 Å². The highest BCUT2D eigenvalue weighted by molar-refractivity contribution is 5.62. The molecule has 154 valence electrons. The number of nitrogens with two attached hydrogens (primary N) is 1. The quantitative estimate of drug-likeness (QED) is 0.463. The minimum absolute atomic E-state index is 0.299. The molecular formula is C21H17F3N4O2. The number of anilines is 1. The number of nitrogen functional groups attached to an aromatic ring is 1. The van der Waals surface area contributed by atoms with Crippen molar-refractivity contribution in [3.05, 3.63) is 72.1 Å². The molecule has 0 aliphatic rings. The fourth-order valence-corrected chi connectivity index (χ4v) is 2.92. The number of hydrogen-bond donors (Lipinski definition) is 1. The van der Waals surface area contributed by atoms with Crippen molar-refractivity contribution < 1.29 is 22.3 Å². The van der Waals surface area contributed by atoms with Crippen LogP contribution in [-0.2, 0) is 6.54 Å². The van der Waals surface area contributed by atoms with Crippen LogP contribution < -0.4 is 10.5 Å². The number of rotatable bonds is 5. The van der Waals surface area contributed by atoms with Crippen LogP contribution in [0.5, 0.6) is 5.75 Å². The van der Waals surface area contributed by atoms with Crippen LogP contribution >= 0.6 is 0 Å². The molecule has 0 aliphatic carbocycles. The number of aromatic nitrogens is 3. The number of aryl methyl sites for hydroxylation is 1. The molecule has 4 rings (SSSR count). The topological polar surface area (TPSA) is 79.1 Å². The van der Waals surface area contributed by atoms with E-state index in [4.69, 9.17) is 10.2 Å². The first-order chi connectivity index (χ1) is 14.3. The van der Waals surface area contributed by atoms with E-state index in [9.17, 15) is 13.2 Å². The van der Waals surface area contributed by atoms with Crippen molar-refractivity contribution in [3.63, 3.8) is 0 Å². The van der Waals surface area contributed by atoms with E-state index in [0.29, 0.717) is 35.1 Å². The Balaban J connectivity index is 1.52. The maximum Gasteiger partial charge on any atom is 0.573 e. The summed E-state index contributed by atoms with van der Waals surface area (Å²) in [7, 11) is 0. The normalized spacial score (nSPS) is 11.6. The number of halogens is 3. The van der Waals surface area contributed by atoms with Crippen LogP contribution in [0.15, 0.2) is 65.3 Å². The fourth-order valence-electron chi connectivity index (χ4n) is 2.92. The van der Waals surface area contributed by atoms with Crippen LogP contribution in [0.2, 0.25) is 0 Å². The minimum Gasteiger partial charge on any atom is -0.443 e. The molecule has 0 unspecified atom stereocenters. The average Bonchev–Trinajstić information content (AvgIpc) is 3.30. The number of alkyl halides is 3. The summed E-state index contributed by atoms with van der Waals surface area (Å²) in [5.41, 5.74) is 10.0. The van der Waals surface area contributed by atoms with E-state index in [2.05, 4.69) is 14.8 Å². The molecule has 6 nitrogen and oxygen atoms in total. The Hall–Kier alpha value is -3.75. The van der Waals surface area contributed by atoms with Crippen LogP contribution in [0.4, 0.5) is 18.9 Å². The third-order valence-corrected chi connectivity index (χ3v) is 4.40. The summed E-state index contributed by atoms with van der Waals surface area (Å²) in [6, 6.07) is 14.8. The molecule has 0 bridgehead atoms. The summed E-state index contributed by atoms with van der Waals surface area (Å²) in [5.74, 6) is 0.0202. The first-order valence-corrected chi connectivity index (χ1v) is 8.98. The van der Waals surface area contributed by atoms with Gasteiger partial charge >= 0.3 is 6.36 Å². The number of benzene rings is 2. The standard InChI is InChI=1S/C21H17F3N4O2/c1-13-10-18(27-28(13)11-14-2-6-16(25)7-3-14)20-26-19(12-29-20)15-4-8-17(9-5-15)30-21(22,23)24/h2-10,12H,11,25H2,1H3. The second kappa shape index (κ2) is 7.58. The van der Waals surface area contributed by atoms with Gasteiger partial charge in [-0.2, -0.15) is 5.10 Å². The maximum absolute atomic E-state index is 12.3. The summed E-state index contributed by atoms with van der Waals surface area (Å²) in [4.78, 5) is 4.41. The molecule has 0 radical (unpaired) electrons. The zero-order valence-electron chi connectivity index (χ0n) is 15.8. The minimum atomic E-state index is -4.73. The van der Waals surface area contributed by atoms with Crippen molar-refractivity contribution >= 4 is 5.69 Å². The lowest BCUT2D eigenvalue weighted by molar-refractivity contribution is -0.274. The predicted octanol–water partition coefficient (Wildman–Crippen LogP) is 5.04. The Morgan fingerprint density at radius 3 is 2.40 bits per heavy atom. The Labute approximate surface area is 169 Å². The molecule has 2 aromatic carbocycles. The molecule has 2 aromatic heterocycles. The first-order valence-electron chi connectivity index (χ1n) is 8.98. The van der Waals surface area contributed by atoms with Gasteiger partial charge in [0.2, 0.25) is 5.89 Å². The SMILES string of the molecule is Cc1cc(-c2nc(-c3ccc(OC(F)(F)F)cc3)co2)nn1Cc1ccc(N)cc1. The van der Waals surface area contributed by atoms with E-state index in [-0.39, 0.29) is 5.75 Å². The monoisotopic (exact) mass is 414 g/mol. The van der Waals surface area contributed by atoms with Gasteiger partial charge in [0.1, 0.15) is 23.4 Å². The summed E-state index contributed by atoms with van der Waals surface area (Å²) >= 11 is 0. The number of ether oxygens (including phenoxy) is 1. The van der Waals surface area contributed by atoms with Gasteiger partial charge in [0, 0.05) is 16.9 Å². The van der Waals surface area contributed by atoms with Crippen molar-refractivity contribution in [1.29, 1.82) is 0 Å². The lowest BCUT2D eigenvalue weighted by Crippen LogP contribution is -2.16. The zero-order valence-corrected chi connectivity index (χ0v) is 15.8. The molecule has 0 amide bonds. The lowest BCUT2D eigenvalue weighted by atomic mass is 10.2. The van der Waals surface area contributed by atoms with Crippen LogP contribution in [0.25, 0.3) is 22.8 Å². The van der Waals surface area contributed by atoms with Crippen molar-refractivity contribution in [2.75, 3.05) is 5.73 Å². The highest BCUT2D eigenvalue weighted by Crippen LogP contribution is 2.28. The van der Waals surface area contributed by atoms with Crippen molar-refractivity contribution in [2.24, 2.45) is 0 Å². The molecule has 0 atom stereocenters. The predicted molar refractivity (Wildman–Crippen MR) is 105 cm³/mol. The zero-order chi connectivity index (χ0) is 21.3. The van der Waals surface area contributed by atoms with E-state index in [1.165, 1.54) is 30.5 Å². The number of nitrogens with zero attached hydrogens (tertiary/aromatic N) is 3. The Morgan fingerprint density at radius 2 is 1.73 bits per heavy atom. The molecule has 30 heavy (non-hydrogen) atoms. The van der Waals surface area contributed by atoms with E-state index in [0.717, 1.165) is 11.3 Å². The third kappa shape index (κ3) is 4.45. The van der Waals surface area contributed by atoms with E-state index < -0.39 is 6.36 Å². The van der Waals surface area contributed by atoms with Crippen molar-refractivity contribution in [2.45, 2.75) is 19.8 Å². The molecule has 0 aliphatic heterocycles. The summed E-state index contributed by atoms with van der Waals surface area (Å²) in [6.45, 7) is 2.50. The van der Waals surface area contributed by atoms with Gasteiger partial charge in [-0.05, 0) is 55.0 Å². The summed E-state index contributed by atoms with van der Waals surface area (Å²) < 4.78 is 48.1. The van der Waals surface area contributed by atoms with Gasteiger partial charge in [-0.25, -0.2) is 4.98 Å². The highest BCUT2D eigenvalue weighted by Gasteiger charge is 2.31. The lowest BCUT2D eigenvalue weighted by Gasteiger charge is -2.08. The smallest absolute Gasteiger partial charge is 0.443 e. The van der Waals surface area contributed by atoms with Gasteiger partial charge in [0.05, 0.1) is 6.54 Å².